The quantitative estimate of drug-likeness (QED) is 0.512. The van der Waals surface area contributed by atoms with Crippen molar-refractivity contribution in [1.29, 1.82) is 0 Å². The molecule has 1 aliphatic rings. The van der Waals surface area contributed by atoms with Crippen molar-refractivity contribution in [3.63, 3.8) is 0 Å². The molecule has 0 heteroatoms. The molecule has 0 heterocycles. The summed E-state index contributed by atoms with van der Waals surface area (Å²) in [7, 11) is 0. The van der Waals surface area contributed by atoms with Gasteiger partial charge in [-0.3, -0.25) is 0 Å². The van der Waals surface area contributed by atoms with Gasteiger partial charge in [0.25, 0.3) is 0 Å². The third-order valence-corrected chi connectivity index (χ3v) is 6.37. The zero-order valence-corrected chi connectivity index (χ0v) is 18.3. The highest BCUT2D eigenvalue weighted by atomic mass is 14.3. The predicted molar refractivity (Wildman–Crippen MR) is 119 cm³/mol. The van der Waals surface area contributed by atoms with Gasteiger partial charge in [-0.15, -0.1) is 0 Å². The van der Waals surface area contributed by atoms with Crippen molar-refractivity contribution in [2.45, 2.75) is 85.0 Å². The van der Waals surface area contributed by atoms with Crippen molar-refractivity contribution >= 4 is 0 Å². The number of benzene rings is 2. The largest absolute Gasteiger partial charge is 0.0625 e. The molecular formula is C27H38. The van der Waals surface area contributed by atoms with Gasteiger partial charge >= 0.3 is 0 Å². The van der Waals surface area contributed by atoms with E-state index < -0.39 is 0 Å². The molecule has 0 aliphatic heterocycles. The van der Waals surface area contributed by atoms with Crippen LogP contribution in [-0.2, 0) is 5.41 Å². The van der Waals surface area contributed by atoms with Gasteiger partial charge in [0.2, 0.25) is 0 Å². The molecule has 0 nitrogen and oxygen atoms in total. The molecule has 0 unspecified atom stereocenters. The summed E-state index contributed by atoms with van der Waals surface area (Å²) in [6.07, 6.45) is 6.68. The van der Waals surface area contributed by atoms with Crippen LogP contribution in [-0.4, -0.2) is 0 Å². The lowest BCUT2D eigenvalue weighted by Crippen LogP contribution is -2.24. The van der Waals surface area contributed by atoms with Gasteiger partial charge in [0.15, 0.2) is 0 Å². The third-order valence-electron chi connectivity index (χ3n) is 6.37. The van der Waals surface area contributed by atoms with Crippen molar-refractivity contribution in [1.82, 2.24) is 0 Å². The maximum atomic E-state index is 2.39. The fraction of sp³-hybridized carbons (Fsp3) is 0.556. The average Bonchev–Trinajstić information content (AvgIpc) is 2.61. The van der Waals surface area contributed by atoms with E-state index >= 15 is 0 Å². The highest BCUT2D eigenvalue weighted by molar-refractivity contribution is 5.64. The van der Waals surface area contributed by atoms with Crippen molar-refractivity contribution in [3.05, 3.63) is 59.7 Å². The van der Waals surface area contributed by atoms with E-state index in [0.29, 0.717) is 5.41 Å². The van der Waals surface area contributed by atoms with Gasteiger partial charge in [0, 0.05) is 0 Å². The first kappa shape index (κ1) is 20.2. The van der Waals surface area contributed by atoms with Crippen LogP contribution in [0.2, 0.25) is 0 Å². The van der Waals surface area contributed by atoms with Crippen molar-refractivity contribution in [2.75, 3.05) is 0 Å². The maximum absolute atomic E-state index is 2.39. The Bertz CT molecular complexity index is 717. The molecule has 3 rings (SSSR count). The average molecular weight is 363 g/mol. The molecule has 146 valence electrons. The molecule has 0 atom stereocenters. The van der Waals surface area contributed by atoms with E-state index in [1.165, 1.54) is 54.4 Å². The molecule has 0 aromatic heterocycles. The van der Waals surface area contributed by atoms with Crippen molar-refractivity contribution < 1.29 is 0 Å². The van der Waals surface area contributed by atoms with Crippen LogP contribution in [0.1, 0.15) is 90.7 Å². The Kier molecular flexibility index (Phi) is 5.84. The Morgan fingerprint density at radius 3 is 1.67 bits per heavy atom. The molecule has 2 aromatic carbocycles. The number of hydrogen-bond acceptors (Lipinski definition) is 0. The molecular weight excluding hydrogens is 324 g/mol. The topological polar surface area (TPSA) is 0 Å². The van der Waals surface area contributed by atoms with Crippen LogP contribution in [0.4, 0.5) is 0 Å². The molecule has 27 heavy (non-hydrogen) atoms. The summed E-state index contributed by atoms with van der Waals surface area (Å²) in [6.45, 7) is 14.1. The van der Waals surface area contributed by atoms with Crippen LogP contribution in [0.3, 0.4) is 0 Å². The monoisotopic (exact) mass is 362 g/mol. The van der Waals surface area contributed by atoms with E-state index in [1.54, 1.807) is 0 Å². The SMILES string of the molecule is CC1CCC(c2ccc(-c3ccc(C(C)(C)CC(C)(C)C)cc3)cc2)CC1. The molecule has 1 saturated carbocycles. The smallest absolute Gasteiger partial charge is 0.00986 e. The molecule has 0 N–H and O–H groups in total. The standard InChI is InChI=1S/C27H38/c1-20-7-9-21(10-8-20)22-11-13-23(14-12-22)24-15-17-25(18-16-24)27(5,6)19-26(2,3)4/h11-18,20-21H,7-10,19H2,1-6H3. The minimum Gasteiger partial charge on any atom is -0.0625 e. The third kappa shape index (κ3) is 5.24. The van der Waals surface area contributed by atoms with Gasteiger partial charge in [-0.1, -0.05) is 103 Å². The minimum absolute atomic E-state index is 0.207. The molecule has 0 radical (unpaired) electrons. The first-order valence-electron chi connectivity index (χ1n) is 10.8. The van der Waals surface area contributed by atoms with Gasteiger partial charge in [-0.2, -0.15) is 0 Å². The van der Waals surface area contributed by atoms with Gasteiger partial charge in [-0.25, -0.2) is 0 Å². The first-order valence-corrected chi connectivity index (χ1v) is 10.8. The van der Waals surface area contributed by atoms with E-state index in [1.807, 2.05) is 0 Å². The molecule has 0 bridgehead atoms. The van der Waals surface area contributed by atoms with Crippen LogP contribution >= 0.6 is 0 Å². The van der Waals surface area contributed by atoms with Gasteiger partial charge in [-0.05, 0) is 64.2 Å². The molecule has 2 aromatic rings. The molecule has 0 saturated heterocycles. The van der Waals surface area contributed by atoms with Crippen LogP contribution in [0.25, 0.3) is 11.1 Å². The van der Waals surface area contributed by atoms with Crippen LogP contribution < -0.4 is 0 Å². The number of hydrogen-bond donors (Lipinski definition) is 0. The van der Waals surface area contributed by atoms with Crippen LogP contribution in [0.5, 0.6) is 0 Å². The number of rotatable bonds is 4. The molecule has 1 fully saturated rings. The van der Waals surface area contributed by atoms with E-state index in [0.717, 1.165) is 11.8 Å². The summed E-state index contributed by atoms with van der Waals surface area (Å²) in [5.74, 6) is 1.69. The lowest BCUT2D eigenvalue weighted by atomic mass is 9.72. The Morgan fingerprint density at radius 1 is 0.704 bits per heavy atom. The van der Waals surface area contributed by atoms with Gasteiger partial charge in [0.1, 0.15) is 0 Å². The van der Waals surface area contributed by atoms with Crippen molar-refractivity contribution in [3.8, 4) is 11.1 Å². The minimum atomic E-state index is 0.207. The summed E-state index contributed by atoms with van der Waals surface area (Å²) in [6, 6.07) is 18.6. The molecule has 0 spiro atoms. The first-order chi connectivity index (χ1) is 12.6. The Balaban J connectivity index is 1.72. The van der Waals surface area contributed by atoms with E-state index in [9.17, 15) is 0 Å². The van der Waals surface area contributed by atoms with E-state index in [2.05, 4.69) is 90.1 Å². The Hall–Kier alpha value is -1.56. The lowest BCUT2D eigenvalue weighted by Gasteiger charge is -2.33. The Morgan fingerprint density at radius 2 is 1.19 bits per heavy atom. The lowest BCUT2D eigenvalue weighted by molar-refractivity contribution is 0.284. The van der Waals surface area contributed by atoms with Gasteiger partial charge in [0.05, 0.1) is 0 Å². The maximum Gasteiger partial charge on any atom is -0.00986 e. The fourth-order valence-electron chi connectivity index (χ4n) is 5.08. The fourth-order valence-corrected chi connectivity index (χ4v) is 5.08. The highest BCUT2D eigenvalue weighted by Crippen LogP contribution is 2.38. The van der Waals surface area contributed by atoms with Crippen LogP contribution in [0, 0.1) is 11.3 Å². The van der Waals surface area contributed by atoms with E-state index in [4.69, 9.17) is 0 Å². The molecule has 1 aliphatic carbocycles. The summed E-state index contributed by atoms with van der Waals surface area (Å²) in [5.41, 5.74) is 6.19. The second-order valence-corrected chi connectivity index (χ2v) is 10.8. The molecule has 0 amide bonds. The Labute approximate surface area is 167 Å². The predicted octanol–water partition coefficient (Wildman–Crippen LogP) is 8.36. The zero-order valence-electron chi connectivity index (χ0n) is 18.3. The second kappa shape index (κ2) is 7.82. The summed E-state index contributed by atoms with van der Waals surface area (Å²) in [5, 5.41) is 0. The van der Waals surface area contributed by atoms with Gasteiger partial charge < -0.3 is 0 Å². The zero-order chi connectivity index (χ0) is 19.7. The van der Waals surface area contributed by atoms with Crippen molar-refractivity contribution in [2.24, 2.45) is 11.3 Å². The normalized spacial score (nSPS) is 21.3. The summed E-state index contributed by atoms with van der Waals surface area (Å²) in [4.78, 5) is 0. The van der Waals surface area contributed by atoms with Crippen LogP contribution in [0.15, 0.2) is 48.5 Å². The second-order valence-electron chi connectivity index (χ2n) is 10.8. The summed E-state index contributed by atoms with van der Waals surface area (Å²) < 4.78 is 0. The van der Waals surface area contributed by atoms with E-state index in [-0.39, 0.29) is 5.41 Å². The highest BCUT2D eigenvalue weighted by Gasteiger charge is 2.27. The summed E-state index contributed by atoms with van der Waals surface area (Å²) >= 11 is 0.